The summed E-state index contributed by atoms with van der Waals surface area (Å²) in [6.45, 7) is 3.68. The third-order valence-corrected chi connectivity index (χ3v) is 3.94. The highest BCUT2D eigenvalue weighted by molar-refractivity contribution is 7.91. The molecule has 0 aromatic heterocycles. The van der Waals surface area contributed by atoms with Gasteiger partial charge in [-0.15, -0.1) is 0 Å². The maximum Gasteiger partial charge on any atom is 0.307 e. The van der Waals surface area contributed by atoms with Gasteiger partial charge in [0.2, 0.25) is 0 Å². The van der Waals surface area contributed by atoms with E-state index in [1.54, 1.807) is 6.08 Å². The highest BCUT2D eigenvalue weighted by Gasteiger charge is 2.12. The summed E-state index contributed by atoms with van der Waals surface area (Å²) in [4.78, 5) is 10.7. The lowest BCUT2D eigenvalue weighted by Crippen LogP contribution is -2.06. The molecule has 5 heteroatoms. The van der Waals surface area contributed by atoms with Crippen molar-refractivity contribution >= 4 is 15.8 Å². The van der Waals surface area contributed by atoms with E-state index in [1.165, 1.54) is 24.3 Å². The molecule has 1 aromatic rings. The number of hydrogen-bond donors (Lipinski definition) is 1. The Labute approximate surface area is 107 Å². The second-order valence-corrected chi connectivity index (χ2v) is 6.31. The maximum absolute atomic E-state index is 11.9. The molecule has 0 aliphatic rings. The lowest BCUT2D eigenvalue weighted by atomic mass is 10.2. The van der Waals surface area contributed by atoms with E-state index in [0.717, 1.165) is 5.57 Å². The molecule has 1 aromatic carbocycles. The molecule has 0 fully saturated rings. The van der Waals surface area contributed by atoms with Crippen molar-refractivity contribution in [2.75, 3.05) is 5.75 Å². The Morgan fingerprint density at radius 1 is 1.22 bits per heavy atom. The first-order chi connectivity index (χ1) is 8.31. The van der Waals surface area contributed by atoms with Gasteiger partial charge >= 0.3 is 5.97 Å². The molecular formula is C13H16O4S. The minimum absolute atomic E-state index is 0.0341. The number of sulfone groups is 1. The summed E-state index contributed by atoms with van der Waals surface area (Å²) in [5, 5.41) is 8.62. The van der Waals surface area contributed by atoms with Crippen molar-refractivity contribution in [2.24, 2.45) is 0 Å². The zero-order chi connectivity index (χ0) is 13.8. The van der Waals surface area contributed by atoms with Crippen molar-refractivity contribution < 1.29 is 18.3 Å². The topological polar surface area (TPSA) is 71.4 Å². The van der Waals surface area contributed by atoms with Crippen LogP contribution in [0.1, 0.15) is 19.4 Å². The van der Waals surface area contributed by atoms with Gasteiger partial charge in [-0.1, -0.05) is 23.8 Å². The Bertz CT molecular complexity index is 549. The van der Waals surface area contributed by atoms with Crippen LogP contribution in [-0.4, -0.2) is 25.2 Å². The molecule has 1 rings (SSSR count). The molecule has 0 spiro atoms. The minimum atomic E-state index is -3.32. The molecule has 4 nitrogen and oxygen atoms in total. The molecule has 0 bridgehead atoms. The summed E-state index contributed by atoms with van der Waals surface area (Å²) in [6.07, 6.45) is 1.55. The molecule has 0 amide bonds. The lowest BCUT2D eigenvalue weighted by molar-refractivity contribution is -0.136. The smallest absolute Gasteiger partial charge is 0.307 e. The molecule has 18 heavy (non-hydrogen) atoms. The van der Waals surface area contributed by atoms with Crippen LogP contribution in [0.2, 0.25) is 0 Å². The van der Waals surface area contributed by atoms with E-state index in [2.05, 4.69) is 0 Å². The van der Waals surface area contributed by atoms with Gasteiger partial charge in [0.25, 0.3) is 0 Å². The van der Waals surface area contributed by atoms with Crippen molar-refractivity contribution in [1.82, 2.24) is 0 Å². The van der Waals surface area contributed by atoms with Crippen molar-refractivity contribution in [1.29, 1.82) is 0 Å². The average molecular weight is 268 g/mol. The summed E-state index contributed by atoms with van der Waals surface area (Å²) in [5.41, 5.74) is 1.53. The van der Waals surface area contributed by atoms with Crippen LogP contribution in [-0.2, 0) is 21.1 Å². The van der Waals surface area contributed by atoms with E-state index in [1.807, 2.05) is 13.8 Å². The van der Waals surface area contributed by atoms with Crippen LogP contribution in [0, 0.1) is 0 Å². The second-order valence-electron chi connectivity index (χ2n) is 4.28. The van der Waals surface area contributed by atoms with Crippen LogP contribution in [0.5, 0.6) is 0 Å². The predicted octanol–water partition coefficient (Wildman–Crippen LogP) is 2.05. The average Bonchev–Trinajstić information content (AvgIpc) is 2.26. The summed E-state index contributed by atoms with van der Waals surface area (Å²) in [7, 11) is -3.32. The summed E-state index contributed by atoms with van der Waals surface area (Å²) in [5.74, 6) is -0.969. The summed E-state index contributed by atoms with van der Waals surface area (Å²) < 4.78 is 23.8. The van der Waals surface area contributed by atoms with E-state index < -0.39 is 15.8 Å². The molecule has 0 heterocycles. The number of benzene rings is 1. The Morgan fingerprint density at radius 3 is 2.22 bits per heavy atom. The van der Waals surface area contributed by atoms with Gasteiger partial charge in [0, 0.05) is 0 Å². The van der Waals surface area contributed by atoms with Crippen LogP contribution < -0.4 is 0 Å². The molecule has 0 atom stereocenters. The Kier molecular flexibility index (Phi) is 4.67. The van der Waals surface area contributed by atoms with Crippen molar-refractivity contribution in [3.63, 3.8) is 0 Å². The Morgan fingerprint density at radius 2 is 1.78 bits per heavy atom. The molecular weight excluding hydrogens is 252 g/mol. The van der Waals surface area contributed by atoms with Crippen LogP contribution >= 0.6 is 0 Å². The normalized spacial score (nSPS) is 11.0. The molecule has 0 saturated carbocycles. The highest BCUT2D eigenvalue weighted by atomic mass is 32.2. The first-order valence-corrected chi connectivity index (χ1v) is 7.13. The van der Waals surface area contributed by atoms with E-state index in [0.29, 0.717) is 5.56 Å². The number of allylic oxidation sites excluding steroid dienone is 1. The first-order valence-electron chi connectivity index (χ1n) is 5.48. The lowest BCUT2D eigenvalue weighted by Gasteiger charge is -2.03. The van der Waals surface area contributed by atoms with Crippen molar-refractivity contribution in [3.05, 3.63) is 41.5 Å². The molecule has 98 valence electrons. The monoisotopic (exact) mass is 268 g/mol. The van der Waals surface area contributed by atoms with Gasteiger partial charge in [-0.2, -0.15) is 0 Å². The standard InChI is InChI=1S/C13H16O4S/c1-10(2)7-8-18(16,17)12-5-3-11(4-6-12)9-13(14)15/h3-7H,8-9H2,1-2H3,(H,14,15). The minimum Gasteiger partial charge on any atom is -0.481 e. The SMILES string of the molecule is CC(C)=CCS(=O)(=O)c1ccc(CC(=O)O)cc1. The van der Waals surface area contributed by atoms with E-state index in [4.69, 9.17) is 5.11 Å². The third-order valence-electron chi connectivity index (χ3n) is 2.35. The molecule has 0 saturated heterocycles. The van der Waals surface area contributed by atoms with Gasteiger partial charge in [0.1, 0.15) is 0 Å². The molecule has 0 radical (unpaired) electrons. The number of carbonyl (C=O) groups is 1. The number of rotatable bonds is 5. The largest absolute Gasteiger partial charge is 0.481 e. The zero-order valence-electron chi connectivity index (χ0n) is 10.4. The number of hydrogen-bond acceptors (Lipinski definition) is 3. The van der Waals surface area contributed by atoms with Crippen LogP contribution in [0.25, 0.3) is 0 Å². The van der Waals surface area contributed by atoms with Gasteiger partial charge in [-0.05, 0) is 31.5 Å². The van der Waals surface area contributed by atoms with Gasteiger partial charge in [-0.25, -0.2) is 8.42 Å². The molecule has 0 aliphatic carbocycles. The number of aliphatic carboxylic acids is 1. The molecule has 1 N–H and O–H groups in total. The molecule has 0 aliphatic heterocycles. The summed E-state index contributed by atoms with van der Waals surface area (Å²) >= 11 is 0. The first kappa shape index (κ1) is 14.4. The van der Waals surface area contributed by atoms with E-state index in [9.17, 15) is 13.2 Å². The fraction of sp³-hybridized carbons (Fsp3) is 0.308. The van der Waals surface area contributed by atoms with Gasteiger partial charge in [0.05, 0.1) is 17.1 Å². The Hall–Kier alpha value is -1.62. The van der Waals surface area contributed by atoms with Gasteiger partial charge in [-0.3, -0.25) is 4.79 Å². The number of carboxylic acid groups (broad SMARTS) is 1. The predicted molar refractivity (Wildman–Crippen MR) is 69.3 cm³/mol. The quantitative estimate of drug-likeness (QED) is 0.830. The van der Waals surface area contributed by atoms with E-state index in [-0.39, 0.29) is 17.1 Å². The highest BCUT2D eigenvalue weighted by Crippen LogP contribution is 2.13. The van der Waals surface area contributed by atoms with Gasteiger partial charge < -0.3 is 5.11 Å². The molecule has 0 unspecified atom stereocenters. The summed E-state index contributed by atoms with van der Waals surface area (Å²) in [6, 6.07) is 5.96. The van der Waals surface area contributed by atoms with Crippen molar-refractivity contribution in [3.8, 4) is 0 Å². The van der Waals surface area contributed by atoms with Crippen LogP contribution in [0.4, 0.5) is 0 Å². The fourth-order valence-corrected chi connectivity index (χ4v) is 2.66. The van der Waals surface area contributed by atoms with E-state index >= 15 is 0 Å². The fourth-order valence-electron chi connectivity index (χ4n) is 1.36. The van der Waals surface area contributed by atoms with Crippen LogP contribution in [0.3, 0.4) is 0 Å². The second kappa shape index (κ2) is 5.82. The van der Waals surface area contributed by atoms with Gasteiger partial charge in [0.15, 0.2) is 9.84 Å². The maximum atomic E-state index is 11.9. The van der Waals surface area contributed by atoms with Crippen molar-refractivity contribution in [2.45, 2.75) is 25.2 Å². The Balaban J connectivity index is 2.91. The number of carboxylic acids is 1. The third kappa shape index (κ3) is 4.33. The zero-order valence-corrected chi connectivity index (χ0v) is 11.2. The van der Waals surface area contributed by atoms with Crippen LogP contribution in [0.15, 0.2) is 40.8 Å².